The Kier molecular flexibility index (Phi) is 7.41. The minimum Gasteiger partial charge on any atom is -0.367 e. The molecule has 0 unspecified atom stereocenters. The molecule has 2 aliphatic heterocycles. The molecule has 3 heterocycles. The van der Waals surface area contributed by atoms with Gasteiger partial charge in [-0.1, -0.05) is 57.9 Å². The van der Waals surface area contributed by atoms with Crippen LogP contribution in [-0.2, 0) is 11.3 Å². The lowest BCUT2D eigenvalue weighted by atomic mass is 9.95. The van der Waals surface area contributed by atoms with Crippen molar-refractivity contribution in [2.45, 2.75) is 19.4 Å². The van der Waals surface area contributed by atoms with Crippen LogP contribution in [0.25, 0.3) is 16.7 Å². The molecule has 2 aliphatic rings. The van der Waals surface area contributed by atoms with Gasteiger partial charge < -0.3 is 9.80 Å². The zero-order valence-corrected chi connectivity index (χ0v) is 23.6. The van der Waals surface area contributed by atoms with E-state index >= 15 is 0 Å². The highest BCUT2D eigenvalue weighted by Gasteiger charge is 2.31. The van der Waals surface area contributed by atoms with Crippen molar-refractivity contribution in [2.24, 2.45) is 5.92 Å². The number of piperidine rings is 1. The smallest absolute Gasteiger partial charge is 0.225 e. The molecule has 0 atom stereocenters. The third kappa shape index (κ3) is 5.20. The molecular formula is C30H31BrClN5O. The number of aromatic nitrogens is 2. The predicted molar refractivity (Wildman–Crippen MR) is 157 cm³/mol. The van der Waals surface area contributed by atoms with E-state index in [-0.39, 0.29) is 5.92 Å². The van der Waals surface area contributed by atoms with Crippen LogP contribution in [-0.4, -0.2) is 64.5 Å². The van der Waals surface area contributed by atoms with Gasteiger partial charge in [-0.3, -0.25) is 14.3 Å². The number of fused-ring (bicyclic) bond motifs is 1. The third-order valence-corrected chi connectivity index (χ3v) is 8.60. The number of para-hydroxylation sites is 3. The number of piperazine rings is 1. The van der Waals surface area contributed by atoms with E-state index in [1.807, 2.05) is 30.3 Å². The maximum absolute atomic E-state index is 13.4. The number of benzene rings is 3. The largest absolute Gasteiger partial charge is 0.367 e. The number of hydrogen-bond acceptors (Lipinski definition) is 4. The van der Waals surface area contributed by atoms with Gasteiger partial charge in [0.2, 0.25) is 5.91 Å². The van der Waals surface area contributed by atoms with E-state index in [1.54, 1.807) is 0 Å². The Morgan fingerprint density at radius 3 is 2.39 bits per heavy atom. The number of anilines is 1. The quantitative estimate of drug-likeness (QED) is 0.285. The van der Waals surface area contributed by atoms with Crippen molar-refractivity contribution >= 4 is 50.2 Å². The molecule has 8 heteroatoms. The van der Waals surface area contributed by atoms with Crippen LogP contribution in [0.15, 0.2) is 77.3 Å². The fourth-order valence-corrected chi connectivity index (χ4v) is 6.40. The summed E-state index contributed by atoms with van der Waals surface area (Å²) >= 11 is 10.0. The summed E-state index contributed by atoms with van der Waals surface area (Å²) in [5, 5.41) is 0.771. The van der Waals surface area contributed by atoms with Crippen LogP contribution in [0, 0.1) is 5.92 Å². The summed E-state index contributed by atoms with van der Waals surface area (Å²) in [6.45, 7) is 5.70. The molecule has 0 N–H and O–H groups in total. The third-order valence-electron chi connectivity index (χ3n) is 7.78. The number of amides is 1. The molecule has 0 spiro atoms. The van der Waals surface area contributed by atoms with Gasteiger partial charge in [-0.25, -0.2) is 4.98 Å². The molecule has 0 aliphatic carbocycles. The maximum atomic E-state index is 13.4. The predicted octanol–water partition coefficient (Wildman–Crippen LogP) is 6.00. The Labute approximate surface area is 236 Å². The van der Waals surface area contributed by atoms with E-state index < -0.39 is 0 Å². The number of halogens is 2. The van der Waals surface area contributed by atoms with Gasteiger partial charge in [-0.05, 0) is 68.4 Å². The van der Waals surface area contributed by atoms with Crippen LogP contribution in [0.2, 0.25) is 5.02 Å². The molecule has 1 amide bonds. The number of carbonyl (C=O) groups excluding carboxylic acids is 1. The van der Waals surface area contributed by atoms with E-state index in [0.717, 1.165) is 96.4 Å². The number of carbonyl (C=O) groups is 1. The first-order valence-electron chi connectivity index (χ1n) is 13.3. The Hall–Kier alpha value is -2.87. The van der Waals surface area contributed by atoms with Crippen LogP contribution < -0.4 is 4.90 Å². The van der Waals surface area contributed by atoms with Crippen LogP contribution in [0.3, 0.4) is 0 Å². The van der Waals surface area contributed by atoms with Gasteiger partial charge in [-0.2, -0.15) is 0 Å². The molecule has 2 saturated heterocycles. The van der Waals surface area contributed by atoms with Gasteiger partial charge in [0.05, 0.1) is 28.3 Å². The fourth-order valence-electron chi connectivity index (χ4n) is 5.76. The zero-order valence-electron chi connectivity index (χ0n) is 21.3. The summed E-state index contributed by atoms with van der Waals surface area (Å²) in [7, 11) is 0. The molecule has 0 saturated carbocycles. The Bertz CT molecular complexity index is 1440. The average Bonchev–Trinajstić information content (AvgIpc) is 3.31. The molecule has 2 fully saturated rings. The molecule has 38 heavy (non-hydrogen) atoms. The maximum Gasteiger partial charge on any atom is 0.225 e. The van der Waals surface area contributed by atoms with Gasteiger partial charge in [-0.15, -0.1) is 0 Å². The lowest BCUT2D eigenvalue weighted by Crippen LogP contribution is -2.51. The summed E-state index contributed by atoms with van der Waals surface area (Å²) in [5.41, 5.74) is 4.28. The van der Waals surface area contributed by atoms with E-state index in [9.17, 15) is 4.79 Å². The Morgan fingerprint density at radius 1 is 0.895 bits per heavy atom. The fraction of sp³-hybridized carbons (Fsp3) is 0.333. The first-order chi connectivity index (χ1) is 18.6. The first kappa shape index (κ1) is 25.4. The highest BCUT2D eigenvalue weighted by molar-refractivity contribution is 9.10. The van der Waals surface area contributed by atoms with Crippen molar-refractivity contribution in [3.05, 3.63) is 88.1 Å². The topological polar surface area (TPSA) is 44.6 Å². The lowest BCUT2D eigenvalue weighted by Gasteiger charge is -2.39. The van der Waals surface area contributed by atoms with E-state index in [4.69, 9.17) is 16.6 Å². The molecule has 6 nitrogen and oxygen atoms in total. The summed E-state index contributed by atoms with van der Waals surface area (Å²) in [6.07, 6.45) is 1.78. The zero-order chi connectivity index (χ0) is 26.1. The SMILES string of the molecule is O=C(C1CCN(Cc2nc3ccccc3n2-c2cccc(Br)c2)CC1)N1CCN(c2ccccc2Cl)CC1. The van der Waals surface area contributed by atoms with Gasteiger partial charge in [0, 0.05) is 42.3 Å². The number of nitrogens with zero attached hydrogens (tertiary/aromatic N) is 5. The second-order valence-corrected chi connectivity index (χ2v) is 11.5. The molecule has 0 radical (unpaired) electrons. The Balaban J connectivity index is 1.09. The van der Waals surface area contributed by atoms with Gasteiger partial charge in [0.25, 0.3) is 0 Å². The number of imidazole rings is 1. The molecular weight excluding hydrogens is 562 g/mol. The van der Waals surface area contributed by atoms with Crippen molar-refractivity contribution in [1.29, 1.82) is 0 Å². The summed E-state index contributed by atoms with van der Waals surface area (Å²) in [6, 6.07) is 24.6. The molecule has 3 aromatic carbocycles. The molecule has 0 bridgehead atoms. The average molecular weight is 593 g/mol. The number of rotatable bonds is 5. The highest BCUT2D eigenvalue weighted by Crippen LogP contribution is 2.29. The van der Waals surface area contributed by atoms with Crippen LogP contribution >= 0.6 is 27.5 Å². The minimum absolute atomic E-state index is 0.0991. The van der Waals surface area contributed by atoms with E-state index in [0.29, 0.717) is 5.91 Å². The highest BCUT2D eigenvalue weighted by atomic mass is 79.9. The second kappa shape index (κ2) is 11.1. The van der Waals surface area contributed by atoms with E-state index in [2.05, 4.69) is 77.7 Å². The normalized spacial score (nSPS) is 17.3. The summed E-state index contributed by atoms with van der Waals surface area (Å²) < 4.78 is 3.31. The summed E-state index contributed by atoms with van der Waals surface area (Å²) in [4.78, 5) is 25.1. The first-order valence-corrected chi connectivity index (χ1v) is 14.5. The van der Waals surface area contributed by atoms with Crippen molar-refractivity contribution in [3.8, 4) is 5.69 Å². The van der Waals surface area contributed by atoms with Crippen LogP contribution in [0.5, 0.6) is 0 Å². The van der Waals surface area contributed by atoms with Crippen molar-refractivity contribution in [1.82, 2.24) is 19.4 Å². The summed E-state index contributed by atoms with van der Waals surface area (Å²) in [5.74, 6) is 1.44. The standard InChI is InChI=1S/C30H31BrClN5O/c31-23-6-5-7-24(20-23)37-28-11-4-2-9-26(28)33-29(37)21-34-14-12-22(13-15-34)30(38)36-18-16-35(17-19-36)27-10-3-1-8-25(27)32/h1-11,20,22H,12-19,21H2. The van der Waals surface area contributed by atoms with Crippen molar-refractivity contribution in [2.75, 3.05) is 44.2 Å². The van der Waals surface area contributed by atoms with Gasteiger partial charge in [0.15, 0.2) is 0 Å². The monoisotopic (exact) mass is 591 g/mol. The molecule has 196 valence electrons. The minimum atomic E-state index is 0.0991. The van der Waals surface area contributed by atoms with Crippen molar-refractivity contribution in [3.63, 3.8) is 0 Å². The van der Waals surface area contributed by atoms with Crippen LogP contribution in [0.1, 0.15) is 18.7 Å². The number of likely N-dealkylation sites (tertiary alicyclic amines) is 1. The van der Waals surface area contributed by atoms with Gasteiger partial charge >= 0.3 is 0 Å². The van der Waals surface area contributed by atoms with Gasteiger partial charge in [0.1, 0.15) is 5.82 Å². The van der Waals surface area contributed by atoms with Crippen molar-refractivity contribution < 1.29 is 4.79 Å². The second-order valence-electron chi connectivity index (χ2n) is 10.1. The lowest BCUT2D eigenvalue weighted by molar-refractivity contribution is -0.137. The molecule has 1 aromatic heterocycles. The molecule has 4 aromatic rings. The Morgan fingerprint density at radius 2 is 1.63 bits per heavy atom. The van der Waals surface area contributed by atoms with Crippen LogP contribution in [0.4, 0.5) is 5.69 Å². The number of hydrogen-bond donors (Lipinski definition) is 0. The van der Waals surface area contributed by atoms with E-state index in [1.165, 1.54) is 0 Å². The molecule has 6 rings (SSSR count).